The van der Waals surface area contributed by atoms with Crippen LogP contribution in [0, 0.1) is 0 Å². The van der Waals surface area contributed by atoms with E-state index in [1.165, 1.54) is 0 Å². The van der Waals surface area contributed by atoms with Crippen LogP contribution in [-0.2, 0) is 11.4 Å². The lowest BCUT2D eigenvalue weighted by Crippen LogP contribution is -3.00. The van der Waals surface area contributed by atoms with Crippen molar-refractivity contribution in [1.82, 2.24) is 4.98 Å². The molecule has 8 heteroatoms. The Kier molecular flexibility index (Phi) is 7.81. The first-order valence-corrected chi connectivity index (χ1v) is 7.25. The van der Waals surface area contributed by atoms with Gasteiger partial charge in [-0.05, 0) is 29.4 Å². The Balaban J connectivity index is 0.00000312. The van der Waals surface area contributed by atoms with Gasteiger partial charge in [0.25, 0.3) is 5.71 Å². The Hall–Kier alpha value is -2.67. The minimum atomic E-state index is 0. The molecule has 2 rings (SSSR count). The van der Waals surface area contributed by atoms with Crippen molar-refractivity contribution < 1.29 is 41.7 Å². The number of nitrogens with zero attached hydrogens (tertiary/aromatic N) is 1. The predicted molar refractivity (Wildman–Crippen MR) is 87.5 cm³/mol. The highest BCUT2D eigenvalue weighted by Crippen LogP contribution is 2.39. The van der Waals surface area contributed by atoms with Gasteiger partial charge in [-0.1, -0.05) is 0 Å². The summed E-state index contributed by atoms with van der Waals surface area (Å²) in [6.07, 6.45) is 1.59. The van der Waals surface area contributed by atoms with Crippen molar-refractivity contribution in [1.29, 1.82) is 0 Å². The zero-order valence-corrected chi connectivity index (χ0v) is 15.3. The molecule has 0 fully saturated rings. The Morgan fingerprint density at radius 3 is 2.40 bits per heavy atom. The molecule has 0 radical (unpaired) electrons. The van der Waals surface area contributed by atoms with Gasteiger partial charge < -0.3 is 31.7 Å². The molecule has 0 bridgehead atoms. The SMILES string of the molecule is COc1ccc(CO[NH+]=C(C)c2ncccc2O)c(OC)c1OC.[Cl-]. The number of aromatic hydroxyl groups is 1. The molecular weight excluding hydrogens is 348 g/mol. The van der Waals surface area contributed by atoms with Gasteiger partial charge >= 0.3 is 0 Å². The van der Waals surface area contributed by atoms with Crippen molar-refractivity contribution in [3.05, 3.63) is 41.7 Å². The summed E-state index contributed by atoms with van der Waals surface area (Å²) in [7, 11) is 4.66. The topological polar surface area (TPSA) is 84.0 Å². The van der Waals surface area contributed by atoms with Crippen LogP contribution >= 0.6 is 0 Å². The number of rotatable bonds is 7. The summed E-state index contributed by atoms with van der Waals surface area (Å²) in [5.41, 5.74) is 1.80. The predicted octanol–water partition coefficient (Wildman–Crippen LogP) is -2.16. The summed E-state index contributed by atoms with van der Waals surface area (Å²) in [5, 5.41) is 12.5. The second-order valence-electron chi connectivity index (χ2n) is 4.88. The molecule has 0 atom stereocenters. The van der Waals surface area contributed by atoms with Crippen LogP contribution in [0.1, 0.15) is 18.2 Å². The van der Waals surface area contributed by atoms with E-state index in [4.69, 9.17) is 19.0 Å². The quantitative estimate of drug-likeness (QED) is 0.428. The van der Waals surface area contributed by atoms with Crippen LogP contribution < -0.4 is 31.8 Å². The number of nitrogens with one attached hydrogen (secondary N) is 1. The summed E-state index contributed by atoms with van der Waals surface area (Å²) in [5.74, 6) is 1.70. The Morgan fingerprint density at radius 1 is 1.08 bits per heavy atom. The molecule has 2 N–H and O–H groups in total. The molecule has 1 aromatic carbocycles. The van der Waals surface area contributed by atoms with Gasteiger partial charge in [-0.2, -0.15) is 0 Å². The van der Waals surface area contributed by atoms with E-state index < -0.39 is 0 Å². The Labute approximate surface area is 152 Å². The average molecular weight is 369 g/mol. The summed E-state index contributed by atoms with van der Waals surface area (Å²) in [6, 6.07) is 6.82. The van der Waals surface area contributed by atoms with Crippen molar-refractivity contribution in [3.8, 4) is 23.0 Å². The van der Waals surface area contributed by atoms with Crippen molar-refractivity contribution in [2.75, 3.05) is 21.3 Å². The summed E-state index contributed by atoms with van der Waals surface area (Å²) in [6.45, 7) is 1.97. The number of hydrogen-bond acceptors (Lipinski definition) is 6. The van der Waals surface area contributed by atoms with E-state index in [1.807, 2.05) is 6.07 Å². The van der Waals surface area contributed by atoms with Gasteiger partial charge in [-0.3, -0.25) is 4.84 Å². The second-order valence-corrected chi connectivity index (χ2v) is 4.88. The van der Waals surface area contributed by atoms with E-state index in [9.17, 15) is 5.11 Å². The fourth-order valence-electron chi connectivity index (χ4n) is 2.23. The largest absolute Gasteiger partial charge is 1.00 e. The van der Waals surface area contributed by atoms with Gasteiger partial charge in [0.2, 0.25) is 5.75 Å². The van der Waals surface area contributed by atoms with Gasteiger partial charge in [0.1, 0.15) is 5.75 Å². The smallest absolute Gasteiger partial charge is 0.251 e. The molecule has 1 aromatic heterocycles. The second kappa shape index (κ2) is 9.58. The van der Waals surface area contributed by atoms with Crippen LogP contribution in [0.4, 0.5) is 0 Å². The maximum absolute atomic E-state index is 9.78. The third-order valence-electron chi connectivity index (χ3n) is 3.38. The first kappa shape index (κ1) is 20.4. The molecule has 0 saturated heterocycles. The lowest BCUT2D eigenvalue weighted by molar-refractivity contribution is -0.758. The number of ether oxygens (including phenoxy) is 3. The van der Waals surface area contributed by atoms with E-state index in [-0.39, 0.29) is 24.8 Å². The number of methoxy groups -OCH3 is 3. The van der Waals surface area contributed by atoms with Crippen LogP contribution in [0.25, 0.3) is 0 Å². The van der Waals surface area contributed by atoms with Gasteiger partial charge in [0.15, 0.2) is 23.8 Å². The summed E-state index contributed by atoms with van der Waals surface area (Å²) in [4.78, 5) is 9.59. The molecule has 7 nitrogen and oxygen atoms in total. The summed E-state index contributed by atoms with van der Waals surface area (Å²) >= 11 is 0. The number of hydrogen-bond donors (Lipinski definition) is 2. The Morgan fingerprint density at radius 2 is 1.80 bits per heavy atom. The molecule has 25 heavy (non-hydrogen) atoms. The highest BCUT2D eigenvalue weighted by atomic mass is 35.5. The molecule has 1 heterocycles. The fourth-order valence-corrected chi connectivity index (χ4v) is 2.23. The van der Waals surface area contributed by atoms with Crippen molar-refractivity contribution in [2.24, 2.45) is 0 Å². The van der Waals surface area contributed by atoms with Crippen LogP contribution in [0.2, 0.25) is 0 Å². The third kappa shape index (κ3) is 4.67. The third-order valence-corrected chi connectivity index (χ3v) is 3.38. The Bertz CT molecular complexity index is 737. The molecule has 136 valence electrons. The monoisotopic (exact) mass is 368 g/mol. The van der Waals surface area contributed by atoms with Gasteiger partial charge in [-0.15, -0.1) is 0 Å². The molecule has 0 aliphatic heterocycles. The van der Waals surface area contributed by atoms with E-state index >= 15 is 0 Å². The normalized spacial score (nSPS) is 10.6. The lowest BCUT2D eigenvalue weighted by Gasteiger charge is -2.14. The van der Waals surface area contributed by atoms with Crippen molar-refractivity contribution in [2.45, 2.75) is 13.5 Å². The van der Waals surface area contributed by atoms with Crippen molar-refractivity contribution >= 4 is 5.71 Å². The average Bonchev–Trinajstić information content (AvgIpc) is 2.61. The van der Waals surface area contributed by atoms with Crippen LogP contribution in [0.5, 0.6) is 23.0 Å². The first-order valence-electron chi connectivity index (χ1n) is 7.25. The minimum absolute atomic E-state index is 0. The van der Waals surface area contributed by atoms with Gasteiger partial charge in [0, 0.05) is 18.7 Å². The van der Waals surface area contributed by atoms with Crippen LogP contribution in [-0.4, -0.2) is 37.1 Å². The molecule has 0 aliphatic rings. The van der Waals surface area contributed by atoms with Gasteiger partial charge in [-0.25, -0.2) is 4.98 Å². The van der Waals surface area contributed by atoms with Gasteiger partial charge in [0.05, 0.1) is 21.3 Å². The van der Waals surface area contributed by atoms with E-state index in [0.29, 0.717) is 28.7 Å². The molecule has 0 spiro atoms. The highest BCUT2D eigenvalue weighted by Gasteiger charge is 2.17. The molecule has 0 unspecified atom stereocenters. The van der Waals surface area contributed by atoms with Crippen LogP contribution in [0.3, 0.4) is 0 Å². The van der Waals surface area contributed by atoms with E-state index in [2.05, 4.69) is 10.1 Å². The number of halogens is 1. The lowest BCUT2D eigenvalue weighted by atomic mass is 10.2. The molecular formula is C17H21ClN2O5. The van der Waals surface area contributed by atoms with Crippen LogP contribution in [0.15, 0.2) is 30.5 Å². The molecule has 0 aliphatic carbocycles. The zero-order chi connectivity index (χ0) is 17.5. The maximum atomic E-state index is 9.78. The first-order chi connectivity index (χ1) is 11.6. The zero-order valence-electron chi connectivity index (χ0n) is 14.5. The molecule has 0 saturated carbocycles. The molecule has 0 amide bonds. The van der Waals surface area contributed by atoms with E-state index in [0.717, 1.165) is 5.56 Å². The standard InChI is InChI=1S/C17H20N2O5.ClH/c1-11(15-13(20)6-5-9-18-15)19-24-10-12-7-8-14(21-2)17(23-4)16(12)22-3;/h5-9,20H,10H2,1-4H3;1H. The molecule has 2 aromatic rings. The summed E-state index contributed by atoms with van der Waals surface area (Å²) < 4.78 is 16.0. The maximum Gasteiger partial charge on any atom is 0.251 e. The number of pyridine rings is 1. The number of benzene rings is 1. The highest BCUT2D eigenvalue weighted by molar-refractivity contribution is 5.94. The number of aromatic nitrogens is 1. The van der Waals surface area contributed by atoms with E-state index in [1.54, 1.807) is 52.6 Å². The fraction of sp³-hybridized carbons (Fsp3) is 0.294. The van der Waals surface area contributed by atoms with Crippen molar-refractivity contribution in [3.63, 3.8) is 0 Å². The minimum Gasteiger partial charge on any atom is -1.00 e.